The van der Waals surface area contributed by atoms with Gasteiger partial charge in [-0.3, -0.25) is 14.4 Å². The van der Waals surface area contributed by atoms with Crippen LogP contribution in [-0.4, -0.2) is 76.3 Å². The maximum Gasteiger partial charge on any atom is 0.303 e. The molecule has 2 aliphatic rings. The molecule has 2 saturated heterocycles. The Hall–Kier alpha value is -4.94. The number of rotatable bonds is 14. The van der Waals surface area contributed by atoms with Crippen molar-refractivity contribution in [3.63, 3.8) is 0 Å². The van der Waals surface area contributed by atoms with Crippen molar-refractivity contribution in [2.45, 2.75) is 58.4 Å². The van der Waals surface area contributed by atoms with Crippen LogP contribution < -0.4 is 0 Å². The lowest BCUT2D eigenvalue weighted by molar-refractivity contribution is -0.160. The number of ether oxygens (including phenoxy) is 3. The zero-order valence-corrected chi connectivity index (χ0v) is 29.5. The van der Waals surface area contributed by atoms with Crippen LogP contribution in [0.15, 0.2) is 85.1 Å². The molecule has 4 aromatic rings. The summed E-state index contributed by atoms with van der Waals surface area (Å²) in [6, 6.07) is 21.9. The summed E-state index contributed by atoms with van der Waals surface area (Å²) in [5.41, 5.74) is 2.15. The van der Waals surface area contributed by atoms with Crippen LogP contribution in [0.4, 0.5) is 8.78 Å². The van der Waals surface area contributed by atoms with Crippen LogP contribution in [0, 0.1) is 23.5 Å². The van der Waals surface area contributed by atoms with Gasteiger partial charge in [-0.15, -0.1) is 0 Å². The molecule has 0 bridgehead atoms. The highest BCUT2D eigenvalue weighted by Crippen LogP contribution is 2.39. The smallest absolute Gasteiger partial charge is 0.303 e. The number of amides is 2. The highest BCUT2D eigenvalue weighted by molar-refractivity contribution is 5.84. The van der Waals surface area contributed by atoms with Crippen LogP contribution in [-0.2, 0) is 41.7 Å². The molecule has 0 spiro atoms. The molecule has 12 heteroatoms. The second kappa shape index (κ2) is 17.1. The number of nitrogens with zero attached hydrogens (tertiary/aromatic N) is 4. The van der Waals surface area contributed by atoms with Gasteiger partial charge in [0.15, 0.2) is 6.10 Å². The normalized spacial score (nSPS) is 17.6. The van der Waals surface area contributed by atoms with Crippen LogP contribution in [0.2, 0.25) is 0 Å². The number of aromatic nitrogens is 2. The lowest BCUT2D eigenvalue weighted by atomic mass is 9.88. The van der Waals surface area contributed by atoms with Gasteiger partial charge in [-0.2, -0.15) is 0 Å². The van der Waals surface area contributed by atoms with Gasteiger partial charge in [-0.25, -0.2) is 13.8 Å². The molecule has 10 nitrogen and oxygen atoms in total. The Labute approximate surface area is 302 Å². The Morgan fingerprint density at radius 1 is 1.00 bits per heavy atom. The van der Waals surface area contributed by atoms with Gasteiger partial charge in [0, 0.05) is 63.9 Å². The summed E-state index contributed by atoms with van der Waals surface area (Å²) in [6.07, 6.45) is 1.96. The lowest BCUT2D eigenvalue weighted by Gasteiger charge is -2.40. The summed E-state index contributed by atoms with van der Waals surface area (Å²) in [5, 5.41) is 0. The molecule has 274 valence electrons. The van der Waals surface area contributed by atoms with Crippen molar-refractivity contribution in [2.75, 3.05) is 33.0 Å². The topological polar surface area (TPSA) is 103 Å². The van der Waals surface area contributed by atoms with E-state index in [2.05, 4.69) is 0 Å². The van der Waals surface area contributed by atoms with E-state index in [-0.39, 0.29) is 48.7 Å². The predicted octanol–water partition coefficient (Wildman–Crippen LogP) is 6.15. The van der Waals surface area contributed by atoms with Crippen molar-refractivity contribution in [1.29, 1.82) is 0 Å². The first-order valence-corrected chi connectivity index (χ1v) is 17.7. The van der Waals surface area contributed by atoms with Crippen LogP contribution >= 0.6 is 0 Å². The third-order valence-electron chi connectivity index (χ3n) is 9.60. The average Bonchev–Trinajstić information content (AvgIpc) is 3.71. The minimum atomic E-state index is -1.13. The molecular formula is C40H44F2N4O6. The fraction of sp³-hybridized carbons (Fsp3) is 0.400. The van der Waals surface area contributed by atoms with Crippen molar-refractivity contribution in [3.8, 4) is 11.3 Å². The molecule has 2 aliphatic heterocycles. The number of likely N-dealkylation sites (tertiary alicyclic amines) is 1. The molecule has 0 saturated carbocycles. The van der Waals surface area contributed by atoms with Crippen molar-refractivity contribution in [1.82, 2.24) is 19.4 Å². The first kappa shape index (κ1) is 36.8. The van der Waals surface area contributed by atoms with Crippen LogP contribution in [0.3, 0.4) is 0 Å². The van der Waals surface area contributed by atoms with Gasteiger partial charge in [0.25, 0.3) is 5.91 Å². The third kappa shape index (κ3) is 9.10. The predicted molar refractivity (Wildman–Crippen MR) is 188 cm³/mol. The van der Waals surface area contributed by atoms with Crippen molar-refractivity contribution in [2.24, 2.45) is 11.8 Å². The average molecular weight is 715 g/mol. The number of imidazole rings is 1. The first-order chi connectivity index (χ1) is 25.2. The second-order valence-electron chi connectivity index (χ2n) is 13.5. The van der Waals surface area contributed by atoms with E-state index in [4.69, 9.17) is 19.2 Å². The number of hydrogen-bond acceptors (Lipinski definition) is 7. The van der Waals surface area contributed by atoms with Crippen molar-refractivity contribution < 1.29 is 37.4 Å². The van der Waals surface area contributed by atoms with Gasteiger partial charge >= 0.3 is 5.97 Å². The highest BCUT2D eigenvalue weighted by atomic mass is 19.1. The Morgan fingerprint density at radius 2 is 1.69 bits per heavy atom. The van der Waals surface area contributed by atoms with Crippen molar-refractivity contribution >= 4 is 17.8 Å². The largest absolute Gasteiger partial charge is 0.453 e. The fourth-order valence-corrected chi connectivity index (χ4v) is 7.13. The van der Waals surface area contributed by atoms with Gasteiger partial charge < -0.3 is 28.6 Å². The third-order valence-corrected chi connectivity index (χ3v) is 9.60. The summed E-state index contributed by atoms with van der Waals surface area (Å²) >= 11 is 0. The number of esters is 1. The molecule has 0 aliphatic carbocycles. The number of hydrogen-bond donors (Lipinski definition) is 0. The van der Waals surface area contributed by atoms with E-state index in [1.165, 1.54) is 13.8 Å². The number of carbonyl (C=O) groups excluding carboxylic acids is 3. The molecule has 0 radical (unpaired) electrons. The fourth-order valence-electron chi connectivity index (χ4n) is 7.13. The standard InChI is InChI=1S/C40H44F2N4O6/c1-27(52-28(2)47)40(49)46(23-31-19-37(48)45(22-31)26-51-25-30-11-7-4-8-12-30)38(32-15-17-50-18-16-32)39-43-36(34-20-33(41)13-14-35(34)42)24-44(39)21-29-9-5-3-6-10-29/h3-14,20,24,27,31-32,38H,15-19,21-23,25-26H2,1-2H3/t27-,31?,38?/m0/s1. The summed E-state index contributed by atoms with van der Waals surface area (Å²) in [6.45, 7) is 5.02. The van der Waals surface area contributed by atoms with E-state index >= 15 is 4.39 Å². The van der Waals surface area contributed by atoms with Gasteiger partial charge in [-0.05, 0) is 55.0 Å². The number of halogens is 2. The van der Waals surface area contributed by atoms with Crippen LogP contribution in [0.1, 0.15) is 56.1 Å². The van der Waals surface area contributed by atoms with E-state index in [0.717, 1.165) is 29.3 Å². The minimum Gasteiger partial charge on any atom is -0.453 e. The minimum absolute atomic E-state index is 0.00233. The molecule has 3 heterocycles. The van der Waals surface area contributed by atoms with Crippen LogP contribution in [0.5, 0.6) is 0 Å². The SMILES string of the molecule is CC(=O)O[C@@H](C)C(=O)N(CC1CC(=O)N(COCc2ccccc2)C1)C(c1nc(-c2cc(F)ccc2F)cn1Cc1ccccc1)C1CCOCC1. The van der Waals surface area contributed by atoms with E-state index in [0.29, 0.717) is 51.6 Å². The second-order valence-corrected chi connectivity index (χ2v) is 13.5. The van der Waals surface area contributed by atoms with Gasteiger partial charge in [0.1, 0.15) is 24.2 Å². The highest BCUT2D eigenvalue weighted by Gasteiger charge is 2.42. The molecule has 2 unspecified atom stereocenters. The Kier molecular flexibility index (Phi) is 12.1. The zero-order valence-electron chi connectivity index (χ0n) is 29.5. The van der Waals surface area contributed by atoms with Crippen LogP contribution in [0.25, 0.3) is 11.3 Å². The lowest BCUT2D eigenvalue weighted by Crippen LogP contribution is -2.48. The maximum absolute atomic E-state index is 15.2. The Bertz CT molecular complexity index is 1830. The van der Waals surface area contributed by atoms with Gasteiger partial charge in [-0.1, -0.05) is 60.7 Å². The van der Waals surface area contributed by atoms with E-state index in [1.54, 1.807) is 16.0 Å². The maximum atomic E-state index is 15.2. The number of carbonyl (C=O) groups is 3. The molecule has 1 aromatic heterocycles. The van der Waals surface area contributed by atoms with Gasteiger partial charge in [0.2, 0.25) is 5.91 Å². The number of benzene rings is 3. The zero-order chi connectivity index (χ0) is 36.6. The molecule has 3 atom stereocenters. The Balaban J connectivity index is 1.37. The molecule has 0 N–H and O–H groups in total. The van der Waals surface area contributed by atoms with Gasteiger partial charge in [0.05, 0.1) is 18.3 Å². The van der Waals surface area contributed by atoms with E-state index in [1.807, 2.05) is 65.2 Å². The molecule has 6 rings (SSSR count). The Morgan fingerprint density at radius 3 is 2.38 bits per heavy atom. The first-order valence-electron chi connectivity index (χ1n) is 17.7. The summed E-state index contributed by atoms with van der Waals surface area (Å²) in [7, 11) is 0. The molecule has 2 amide bonds. The quantitative estimate of drug-likeness (QED) is 0.145. The monoisotopic (exact) mass is 714 g/mol. The molecule has 2 fully saturated rings. The summed E-state index contributed by atoms with van der Waals surface area (Å²) in [4.78, 5) is 48.1. The molecular weight excluding hydrogens is 670 g/mol. The summed E-state index contributed by atoms with van der Waals surface area (Å²) < 4.78 is 48.6. The van der Waals surface area contributed by atoms with E-state index in [9.17, 15) is 18.8 Å². The summed E-state index contributed by atoms with van der Waals surface area (Å²) in [5.74, 6) is -2.29. The molecule has 3 aromatic carbocycles. The molecule has 52 heavy (non-hydrogen) atoms. The van der Waals surface area contributed by atoms with E-state index < -0.39 is 35.7 Å². The van der Waals surface area contributed by atoms with Crippen molar-refractivity contribution in [3.05, 3.63) is 114 Å².